The second-order valence-corrected chi connectivity index (χ2v) is 6.65. The highest BCUT2D eigenvalue weighted by molar-refractivity contribution is 4.85. The molecular weight excluding hydrogens is 244 g/mol. The smallest absolute Gasteiger partial charge is 0.0675 e. The molecule has 0 heterocycles. The Kier molecular flexibility index (Phi) is 12.7. The quantitative estimate of drug-likeness (QED) is 0.362. The van der Waals surface area contributed by atoms with Gasteiger partial charge in [0, 0.05) is 0 Å². The van der Waals surface area contributed by atoms with E-state index < -0.39 is 0 Å². The van der Waals surface area contributed by atoms with Gasteiger partial charge in [-0.25, -0.2) is 0 Å². The maximum absolute atomic E-state index is 11.0. The van der Waals surface area contributed by atoms with Gasteiger partial charge in [-0.15, -0.1) is 0 Å². The van der Waals surface area contributed by atoms with Gasteiger partial charge in [0.05, 0.1) is 5.60 Å². The van der Waals surface area contributed by atoms with Gasteiger partial charge in [0.1, 0.15) is 0 Å². The number of hydrogen-bond donors (Lipinski definition) is 1. The number of unbranched alkanes of at least 4 members (excludes halogenated alkanes) is 5. The molecule has 0 radical (unpaired) electrons. The van der Waals surface area contributed by atoms with Crippen molar-refractivity contribution in [1.82, 2.24) is 0 Å². The van der Waals surface area contributed by atoms with Crippen LogP contribution in [0.5, 0.6) is 0 Å². The Morgan fingerprint density at radius 3 is 1.70 bits per heavy atom. The van der Waals surface area contributed by atoms with Gasteiger partial charge in [-0.05, 0) is 31.6 Å². The lowest BCUT2D eigenvalue weighted by Gasteiger charge is -2.36. The van der Waals surface area contributed by atoms with E-state index in [2.05, 4.69) is 27.7 Å². The van der Waals surface area contributed by atoms with Gasteiger partial charge in [-0.1, -0.05) is 85.5 Å². The van der Waals surface area contributed by atoms with Crippen LogP contribution in [0, 0.1) is 5.92 Å². The molecule has 20 heavy (non-hydrogen) atoms. The summed E-state index contributed by atoms with van der Waals surface area (Å²) in [6, 6.07) is 0. The molecule has 0 saturated heterocycles. The highest BCUT2D eigenvalue weighted by Crippen LogP contribution is 2.35. The topological polar surface area (TPSA) is 20.2 Å². The number of rotatable bonds is 14. The van der Waals surface area contributed by atoms with Crippen molar-refractivity contribution in [2.24, 2.45) is 5.92 Å². The summed E-state index contributed by atoms with van der Waals surface area (Å²) in [4.78, 5) is 0. The van der Waals surface area contributed by atoms with Crippen molar-refractivity contribution < 1.29 is 5.11 Å². The minimum atomic E-state index is -0.386. The van der Waals surface area contributed by atoms with Crippen LogP contribution < -0.4 is 0 Å². The van der Waals surface area contributed by atoms with Crippen LogP contribution in [0.4, 0.5) is 0 Å². The van der Waals surface area contributed by atoms with Crippen molar-refractivity contribution in [2.45, 2.75) is 117 Å². The fraction of sp³-hybridized carbons (Fsp3) is 1.00. The lowest BCUT2D eigenvalue weighted by molar-refractivity contribution is -0.0424. The maximum Gasteiger partial charge on any atom is 0.0675 e. The lowest BCUT2D eigenvalue weighted by atomic mass is 9.75. The van der Waals surface area contributed by atoms with Gasteiger partial charge in [0.2, 0.25) is 0 Å². The van der Waals surface area contributed by atoms with Gasteiger partial charge >= 0.3 is 0 Å². The normalized spacial score (nSPS) is 13.7. The highest BCUT2D eigenvalue weighted by Gasteiger charge is 2.33. The van der Waals surface area contributed by atoms with Crippen molar-refractivity contribution >= 4 is 0 Å². The molecule has 0 aromatic rings. The minimum absolute atomic E-state index is 0.386. The first-order chi connectivity index (χ1) is 9.64. The molecule has 1 unspecified atom stereocenters. The van der Waals surface area contributed by atoms with Crippen LogP contribution in [0.2, 0.25) is 0 Å². The molecule has 0 aliphatic carbocycles. The van der Waals surface area contributed by atoms with E-state index in [1.54, 1.807) is 0 Å². The van der Waals surface area contributed by atoms with Crippen LogP contribution in [0.1, 0.15) is 111 Å². The van der Waals surface area contributed by atoms with E-state index in [9.17, 15) is 5.11 Å². The molecular formula is C19H40O. The zero-order valence-corrected chi connectivity index (χ0v) is 14.7. The Bertz CT molecular complexity index is 194. The van der Waals surface area contributed by atoms with Gasteiger partial charge in [0.25, 0.3) is 0 Å². The van der Waals surface area contributed by atoms with Crippen molar-refractivity contribution in [3.05, 3.63) is 0 Å². The Morgan fingerprint density at radius 2 is 1.20 bits per heavy atom. The molecule has 1 nitrogen and oxygen atoms in total. The van der Waals surface area contributed by atoms with E-state index in [-0.39, 0.29) is 5.60 Å². The summed E-state index contributed by atoms with van der Waals surface area (Å²) in [5.74, 6) is 0.526. The van der Waals surface area contributed by atoms with Gasteiger partial charge in [-0.2, -0.15) is 0 Å². The molecule has 1 heteroatoms. The third-order valence-corrected chi connectivity index (χ3v) is 4.67. The van der Waals surface area contributed by atoms with E-state index in [4.69, 9.17) is 0 Å². The van der Waals surface area contributed by atoms with Gasteiger partial charge in [0.15, 0.2) is 0 Å². The van der Waals surface area contributed by atoms with Crippen LogP contribution in [0.25, 0.3) is 0 Å². The first-order valence-corrected chi connectivity index (χ1v) is 9.36. The molecule has 0 aliphatic heterocycles. The first kappa shape index (κ1) is 20.0. The fourth-order valence-electron chi connectivity index (χ4n) is 3.60. The molecule has 122 valence electrons. The van der Waals surface area contributed by atoms with E-state index in [1.165, 1.54) is 57.8 Å². The zero-order valence-electron chi connectivity index (χ0n) is 14.7. The second-order valence-electron chi connectivity index (χ2n) is 6.65. The highest BCUT2D eigenvalue weighted by atomic mass is 16.3. The second kappa shape index (κ2) is 12.7. The molecule has 0 saturated carbocycles. The molecule has 0 rings (SSSR count). The van der Waals surface area contributed by atoms with Crippen molar-refractivity contribution in [2.75, 3.05) is 0 Å². The third-order valence-electron chi connectivity index (χ3n) is 4.67. The van der Waals surface area contributed by atoms with Crippen LogP contribution in [-0.4, -0.2) is 10.7 Å². The Morgan fingerprint density at radius 1 is 0.650 bits per heavy atom. The first-order valence-electron chi connectivity index (χ1n) is 9.36. The molecule has 1 atom stereocenters. The van der Waals surface area contributed by atoms with Crippen molar-refractivity contribution in [1.29, 1.82) is 0 Å². The van der Waals surface area contributed by atoms with Gasteiger partial charge in [-0.3, -0.25) is 0 Å². The van der Waals surface area contributed by atoms with Crippen LogP contribution >= 0.6 is 0 Å². The summed E-state index contributed by atoms with van der Waals surface area (Å²) >= 11 is 0. The average molecular weight is 285 g/mol. The Hall–Kier alpha value is -0.0400. The summed E-state index contributed by atoms with van der Waals surface area (Å²) < 4.78 is 0. The van der Waals surface area contributed by atoms with E-state index in [0.29, 0.717) is 5.92 Å². The fourth-order valence-corrected chi connectivity index (χ4v) is 3.60. The molecule has 0 aromatic heterocycles. The molecule has 0 amide bonds. The van der Waals surface area contributed by atoms with Crippen LogP contribution in [-0.2, 0) is 0 Å². The minimum Gasteiger partial charge on any atom is -0.390 e. The molecule has 0 bridgehead atoms. The molecule has 1 N–H and O–H groups in total. The third kappa shape index (κ3) is 8.29. The van der Waals surface area contributed by atoms with Crippen LogP contribution in [0.15, 0.2) is 0 Å². The monoisotopic (exact) mass is 284 g/mol. The predicted octanol–water partition coefficient (Wildman–Crippen LogP) is 6.48. The summed E-state index contributed by atoms with van der Waals surface area (Å²) in [7, 11) is 0. The zero-order chi connectivity index (χ0) is 15.3. The van der Waals surface area contributed by atoms with E-state index in [1.807, 2.05) is 0 Å². The summed E-state index contributed by atoms with van der Waals surface area (Å²) in [5, 5.41) is 11.0. The summed E-state index contributed by atoms with van der Waals surface area (Å²) in [6.07, 6.45) is 16.0. The van der Waals surface area contributed by atoms with E-state index >= 15 is 0 Å². The Balaban J connectivity index is 4.22. The summed E-state index contributed by atoms with van der Waals surface area (Å²) in [5.41, 5.74) is -0.386. The predicted molar refractivity (Wildman–Crippen MR) is 91.2 cm³/mol. The van der Waals surface area contributed by atoms with E-state index in [0.717, 1.165) is 25.7 Å². The number of hydrogen-bond acceptors (Lipinski definition) is 1. The molecule has 0 spiro atoms. The standard InChI is InChI=1S/C19H40O/c1-5-9-10-11-12-13-15-18(14-6-2)19(20,16-7-3)17-8-4/h18,20H,5-17H2,1-4H3. The maximum atomic E-state index is 11.0. The summed E-state index contributed by atoms with van der Waals surface area (Å²) in [6.45, 7) is 8.93. The lowest BCUT2D eigenvalue weighted by Crippen LogP contribution is -2.38. The largest absolute Gasteiger partial charge is 0.390 e. The Labute approximate surface area is 128 Å². The van der Waals surface area contributed by atoms with Crippen LogP contribution in [0.3, 0.4) is 0 Å². The van der Waals surface area contributed by atoms with Crippen molar-refractivity contribution in [3.63, 3.8) is 0 Å². The number of aliphatic hydroxyl groups is 1. The molecule has 0 fully saturated rings. The average Bonchev–Trinajstić information content (AvgIpc) is 2.42. The SMILES string of the molecule is CCCCCCCCC(CCC)C(O)(CCC)CCC. The van der Waals surface area contributed by atoms with Crippen molar-refractivity contribution in [3.8, 4) is 0 Å². The molecule has 0 aliphatic rings. The van der Waals surface area contributed by atoms with Gasteiger partial charge < -0.3 is 5.11 Å². The molecule has 0 aromatic carbocycles.